The number of nitrogens with one attached hydrogen (secondary N) is 1. The molecule has 0 aliphatic heterocycles. The number of benzene rings is 2. The molecule has 0 saturated carbocycles. The average Bonchev–Trinajstić information content (AvgIpc) is 2.66. The molecule has 0 radical (unpaired) electrons. The molecule has 9 heteroatoms. The second kappa shape index (κ2) is 9.71. The number of hydrogen-bond donors (Lipinski definition) is 1. The number of nitrogens with zero attached hydrogens (tertiary/aromatic N) is 1. The van der Waals surface area contributed by atoms with Gasteiger partial charge in [0.1, 0.15) is 23.3 Å². The molecular formula is C21H28N2O6S. The molecule has 0 saturated heterocycles. The zero-order valence-electron chi connectivity index (χ0n) is 18.0. The molecule has 8 nitrogen and oxygen atoms in total. The molecule has 1 N–H and O–H groups in total. The van der Waals surface area contributed by atoms with E-state index in [4.69, 9.17) is 14.2 Å². The zero-order chi connectivity index (χ0) is 22.5. The highest BCUT2D eigenvalue weighted by atomic mass is 32.2. The van der Waals surface area contributed by atoms with Gasteiger partial charge in [-0.3, -0.25) is 9.10 Å². The molecular weight excluding hydrogens is 408 g/mol. The molecule has 2 aromatic rings. The standard InChI is InChI=1S/C21H28N2O6S/c1-14(2)29-18-9-7-8-16(12-18)22-21(24)15(3)23(30(6,25)26)19-13-17(27-4)10-11-20(19)28-5/h7-15H,1-6H3,(H,22,24)/t15-/m0/s1. The SMILES string of the molecule is COc1ccc(OC)c(N([C@@H](C)C(=O)Nc2cccc(OC(C)C)c2)S(C)(=O)=O)c1. The number of sulfonamides is 1. The molecule has 1 amide bonds. The van der Waals surface area contributed by atoms with Gasteiger partial charge in [0, 0.05) is 17.8 Å². The van der Waals surface area contributed by atoms with Crippen LogP contribution in [-0.2, 0) is 14.8 Å². The van der Waals surface area contributed by atoms with E-state index in [2.05, 4.69) is 5.32 Å². The second-order valence-electron chi connectivity index (χ2n) is 6.96. The van der Waals surface area contributed by atoms with Gasteiger partial charge in [0.25, 0.3) is 0 Å². The van der Waals surface area contributed by atoms with Crippen molar-refractivity contribution in [3.63, 3.8) is 0 Å². The summed E-state index contributed by atoms with van der Waals surface area (Å²) in [6, 6.07) is 10.6. The maximum Gasteiger partial charge on any atom is 0.247 e. The minimum Gasteiger partial charge on any atom is -0.497 e. The highest BCUT2D eigenvalue weighted by Gasteiger charge is 2.31. The van der Waals surface area contributed by atoms with Crippen molar-refractivity contribution in [3.8, 4) is 17.2 Å². The van der Waals surface area contributed by atoms with E-state index in [-0.39, 0.29) is 11.8 Å². The van der Waals surface area contributed by atoms with Gasteiger partial charge in [-0.25, -0.2) is 8.42 Å². The first kappa shape index (κ1) is 23.3. The number of ether oxygens (including phenoxy) is 3. The highest BCUT2D eigenvalue weighted by molar-refractivity contribution is 7.92. The molecule has 2 rings (SSSR count). The van der Waals surface area contributed by atoms with E-state index < -0.39 is 22.0 Å². The normalized spacial score (nSPS) is 12.2. The summed E-state index contributed by atoms with van der Waals surface area (Å²) in [4.78, 5) is 12.9. The number of carbonyl (C=O) groups is 1. The zero-order valence-corrected chi connectivity index (χ0v) is 18.8. The van der Waals surface area contributed by atoms with Gasteiger partial charge in [0.05, 0.1) is 32.3 Å². The third kappa shape index (κ3) is 5.79. The van der Waals surface area contributed by atoms with Crippen LogP contribution in [0.3, 0.4) is 0 Å². The molecule has 1 atom stereocenters. The quantitative estimate of drug-likeness (QED) is 0.648. The fraction of sp³-hybridized carbons (Fsp3) is 0.381. The van der Waals surface area contributed by atoms with E-state index in [1.54, 1.807) is 36.4 Å². The summed E-state index contributed by atoms with van der Waals surface area (Å²) < 4.78 is 42.4. The fourth-order valence-corrected chi connectivity index (χ4v) is 4.09. The van der Waals surface area contributed by atoms with Gasteiger partial charge >= 0.3 is 0 Å². The molecule has 0 heterocycles. The first-order valence-corrected chi connectivity index (χ1v) is 11.2. The Hall–Kier alpha value is -2.94. The third-order valence-electron chi connectivity index (χ3n) is 4.19. The Bertz CT molecular complexity index is 991. The van der Waals surface area contributed by atoms with E-state index in [1.807, 2.05) is 13.8 Å². The molecule has 0 bridgehead atoms. The molecule has 0 aliphatic carbocycles. The van der Waals surface area contributed by atoms with Crippen molar-refractivity contribution in [3.05, 3.63) is 42.5 Å². The number of methoxy groups -OCH3 is 2. The number of amides is 1. The van der Waals surface area contributed by atoms with Crippen LogP contribution in [0.5, 0.6) is 17.2 Å². The Kier molecular flexibility index (Phi) is 7.55. The van der Waals surface area contributed by atoms with Gasteiger partial charge in [-0.1, -0.05) is 6.07 Å². The van der Waals surface area contributed by atoms with E-state index in [1.165, 1.54) is 27.2 Å². The smallest absolute Gasteiger partial charge is 0.247 e. The minimum atomic E-state index is -3.82. The predicted octanol–water partition coefficient (Wildman–Crippen LogP) is 3.28. The Labute approximate surface area is 177 Å². The van der Waals surface area contributed by atoms with Crippen LogP contribution < -0.4 is 23.8 Å². The van der Waals surface area contributed by atoms with Crippen LogP contribution >= 0.6 is 0 Å². The van der Waals surface area contributed by atoms with Crippen LogP contribution in [0.2, 0.25) is 0 Å². The van der Waals surface area contributed by atoms with Crippen molar-refractivity contribution >= 4 is 27.3 Å². The van der Waals surface area contributed by atoms with Crippen LogP contribution in [0.15, 0.2) is 42.5 Å². The van der Waals surface area contributed by atoms with Crippen LogP contribution in [0, 0.1) is 0 Å². The Morgan fingerprint density at radius 2 is 1.70 bits per heavy atom. The van der Waals surface area contributed by atoms with Crippen LogP contribution in [0.1, 0.15) is 20.8 Å². The van der Waals surface area contributed by atoms with Crippen LogP contribution in [0.4, 0.5) is 11.4 Å². The van der Waals surface area contributed by atoms with Gasteiger partial charge in [-0.15, -0.1) is 0 Å². The van der Waals surface area contributed by atoms with E-state index in [0.717, 1.165) is 10.6 Å². The van der Waals surface area contributed by atoms with Crippen LogP contribution in [-0.4, -0.2) is 46.9 Å². The van der Waals surface area contributed by atoms with Crippen molar-refractivity contribution in [1.82, 2.24) is 0 Å². The summed E-state index contributed by atoms with van der Waals surface area (Å²) in [6.07, 6.45) is 1.02. The Balaban J connectivity index is 2.37. The lowest BCUT2D eigenvalue weighted by Gasteiger charge is -2.29. The van der Waals surface area contributed by atoms with Gasteiger partial charge in [0.15, 0.2) is 0 Å². The number of rotatable bonds is 9. The van der Waals surface area contributed by atoms with Crippen molar-refractivity contribution in [2.75, 3.05) is 30.1 Å². The molecule has 0 spiro atoms. The van der Waals surface area contributed by atoms with Gasteiger partial charge in [-0.05, 0) is 45.0 Å². The van der Waals surface area contributed by atoms with Gasteiger partial charge in [-0.2, -0.15) is 0 Å². The summed E-state index contributed by atoms with van der Waals surface area (Å²) in [7, 11) is -0.926. The van der Waals surface area contributed by atoms with E-state index >= 15 is 0 Å². The largest absolute Gasteiger partial charge is 0.497 e. The number of carbonyl (C=O) groups excluding carboxylic acids is 1. The van der Waals surface area contributed by atoms with Crippen molar-refractivity contribution in [1.29, 1.82) is 0 Å². The lowest BCUT2D eigenvalue weighted by molar-refractivity contribution is -0.116. The predicted molar refractivity (Wildman–Crippen MR) is 117 cm³/mol. The monoisotopic (exact) mass is 436 g/mol. The molecule has 0 unspecified atom stereocenters. The van der Waals surface area contributed by atoms with Gasteiger partial charge < -0.3 is 19.5 Å². The number of hydrogen-bond acceptors (Lipinski definition) is 6. The van der Waals surface area contributed by atoms with Crippen molar-refractivity contribution in [2.24, 2.45) is 0 Å². The third-order valence-corrected chi connectivity index (χ3v) is 5.41. The summed E-state index contributed by atoms with van der Waals surface area (Å²) in [5.74, 6) is 0.829. The molecule has 164 valence electrons. The summed E-state index contributed by atoms with van der Waals surface area (Å²) in [6.45, 7) is 5.31. The van der Waals surface area contributed by atoms with Crippen molar-refractivity contribution in [2.45, 2.75) is 32.9 Å². The highest BCUT2D eigenvalue weighted by Crippen LogP contribution is 2.35. The molecule has 2 aromatic carbocycles. The van der Waals surface area contributed by atoms with E-state index in [0.29, 0.717) is 22.9 Å². The first-order chi connectivity index (χ1) is 14.1. The Morgan fingerprint density at radius 1 is 1.00 bits per heavy atom. The Morgan fingerprint density at radius 3 is 2.27 bits per heavy atom. The summed E-state index contributed by atoms with van der Waals surface area (Å²) >= 11 is 0. The fourth-order valence-electron chi connectivity index (χ4n) is 2.92. The molecule has 0 fully saturated rings. The van der Waals surface area contributed by atoms with Crippen molar-refractivity contribution < 1.29 is 27.4 Å². The lowest BCUT2D eigenvalue weighted by atomic mass is 10.2. The minimum absolute atomic E-state index is 0.0175. The molecule has 30 heavy (non-hydrogen) atoms. The first-order valence-electron chi connectivity index (χ1n) is 9.35. The molecule has 0 aliphatic rings. The number of anilines is 2. The second-order valence-corrected chi connectivity index (χ2v) is 8.82. The lowest BCUT2D eigenvalue weighted by Crippen LogP contribution is -2.45. The maximum atomic E-state index is 12.9. The summed E-state index contributed by atoms with van der Waals surface area (Å²) in [5, 5.41) is 2.75. The topological polar surface area (TPSA) is 94.2 Å². The van der Waals surface area contributed by atoms with Crippen LogP contribution in [0.25, 0.3) is 0 Å². The average molecular weight is 437 g/mol. The van der Waals surface area contributed by atoms with E-state index in [9.17, 15) is 13.2 Å². The van der Waals surface area contributed by atoms with Gasteiger partial charge in [0.2, 0.25) is 15.9 Å². The summed E-state index contributed by atoms with van der Waals surface area (Å²) in [5.41, 5.74) is 0.704. The molecule has 0 aromatic heterocycles. The maximum absolute atomic E-state index is 12.9.